The Morgan fingerprint density at radius 3 is 2.38 bits per heavy atom. The molecular formula is C23H19N5O3S. The Labute approximate surface area is 187 Å². The van der Waals surface area contributed by atoms with Gasteiger partial charge in [-0.15, -0.1) is 16.4 Å². The Kier molecular flexibility index (Phi) is 4.63. The highest BCUT2D eigenvalue weighted by Gasteiger charge is 2.40. The summed E-state index contributed by atoms with van der Waals surface area (Å²) >= 11 is 1.42. The van der Waals surface area contributed by atoms with Gasteiger partial charge < -0.3 is 0 Å². The number of hydrogen-bond donors (Lipinski definition) is 1. The molecule has 0 saturated carbocycles. The van der Waals surface area contributed by atoms with Gasteiger partial charge in [-0.25, -0.2) is 4.52 Å². The summed E-state index contributed by atoms with van der Waals surface area (Å²) in [5.74, 6) is -1.38. The molecule has 0 aliphatic carbocycles. The molecule has 3 amide bonds. The van der Waals surface area contributed by atoms with E-state index in [0.29, 0.717) is 16.1 Å². The van der Waals surface area contributed by atoms with Crippen molar-refractivity contribution in [3.63, 3.8) is 0 Å². The highest BCUT2D eigenvalue weighted by atomic mass is 32.1. The van der Waals surface area contributed by atoms with Crippen molar-refractivity contribution < 1.29 is 14.4 Å². The third-order valence-electron chi connectivity index (χ3n) is 5.57. The van der Waals surface area contributed by atoms with Crippen molar-refractivity contribution in [2.24, 2.45) is 0 Å². The third-order valence-corrected chi connectivity index (χ3v) is 6.38. The van der Waals surface area contributed by atoms with E-state index in [2.05, 4.69) is 21.5 Å². The average Bonchev–Trinajstić information content (AvgIpc) is 3.40. The first-order chi connectivity index (χ1) is 15.3. The Morgan fingerprint density at radius 1 is 1.03 bits per heavy atom. The first-order valence-electron chi connectivity index (χ1n) is 10.0. The normalized spacial score (nSPS) is 14.2. The molecule has 1 aliphatic rings. The number of hydrogen-bond acceptors (Lipinski definition) is 6. The lowest BCUT2D eigenvalue weighted by molar-refractivity contribution is -0.119. The highest BCUT2D eigenvalue weighted by molar-refractivity contribution is 7.15. The van der Waals surface area contributed by atoms with Gasteiger partial charge in [-0.1, -0.05) is 35.9 Å². The van der Waals surface area contributed by atoms with E-state index in [1.807, 2.05) is 31.4 Å². The van der Waals surface area contributed by atoms with Crippen LogP contribution in [0, 0.1) is 13.8 Å². The number of nitrogens with zero attached hydrogens (tertiary/aromatic N) is 4. The quantitative estimate of drug-likeness (QED) is 0.483. The highest BCUT2D eigenvalue weighted by Crippen LogP contribution is 2.29. The summed E-state index contributed by atoms with van der Waals surface area (Å²) in [6.45, 7) is 5.59. The fraction of sp³-hybridized carbons (Fsp3) is 0.174. The lowest BCUT2D eigenvalue weighted by atomic mass is 10.0. The van der Waals surface area contributed by atoms with Crippen molar-refractivity contribution in [1.82, 2.24) is 19.5 Å². The number of aromatic nitrogens is 3. The largest absolute Gasteiger partial charge is 0.291 e. The second-order valence-corrected chi connectivity index (χ2v) is 8.60. The van der Waals surface area contributed by atoms with Gasteiger partial charge in [0.2, 0.25) is 10.9 Å². The Morgan fingerprint density at radius 2 is 1.72 bits per heavy atom. The lowest BCUT2D eigenvalue weighted by Gasteiger charge is -2.20. The SMILES string of the molecule is Cc1ccc(-c2csc3nc(NC(=O)C(C)N4C(=O)c5ccccc5C4=O)nn23)c(C)c1. The number of fused-ring (bicyclic) bond motifs is 2. The number of thiazole rings is 1. The topological polar surface area (TPSA) is 96.7 Å². The van der Waals surface area contributed by atoms with Crippen LogP contribution in [0.2, 0.25) is 0 Å². The van der Waals surface area contributed by atoms with E-state index in [-0.39, 0.29) is 5.95 Å². The summed E-state index contributed by atoms with van der Waals surface area (Å²) < 4.78 is 1.69. The molecule has 0 bridgehead atoms. The number of benzene rings is 2. The summed E-state index contributed by atoms with van der Waals surface area (Å²) in [5, 5.41) is 9.05. The summed E-state index contributed by atoms with van der Waals surface area (Å²) in [7, 11) is 0. The molecule has 8 nitrogen and oxygen atoms in total. The van der Waals surface area contributed by atoms with Crippen LogP contribution in [0.1, 0.15) is 38.8 Å². The maximum Gasteiger partial charge on any atom is 0.262 e. The first kappa shape index (κ1) is 20.1. The zero-order valence-corrected chi connectivity index (χ0v) is 18.4. The van der Waals surface area contributed by atoms with E-state index >= 15 is 0 Å². The van der Waals surface area contributed by atoms with E-state index in [1.165, 1.54) is 23.8 Å². The fourth-order valence-electron chi connectivity index (χ4n) is 3.91. The van der Waals surface area contributed by atoms with E-state index in [0.717, 1.165) is 21.7 Å². The van der Waals surface area contributed by atoms with Crippen LogP contribution < -0.4 is 5.32 Å². The number of anilines is 1. The third kappa shape index (κ3) is 3.09. The van der Waals surface area contributed by atoms with Crippen molar-refractivity contribution in [2.45, 2.75) is 26.8 Å². The van der Waals surface area contributed by atoms with Crippen molar-refractivity contribution in [3.05, 3.63) is 70.1 Å². The Balaban J connectivity index is 1.39. The van der Waals surface area contributed by atoms with Gasteiger partial charge in [0.15, 0.2) is 0 Å². The minimum absolute atomic E-state index is 0.122. The first-order valence-corrected chi connectivity index (χ1v) is 10.9. The number of amides is 3. The minimum atomic E-state index is -1.01. The van der Waals surface area contributed by atoms with Crippen LogP contribution >= 0.6 is 11.3 Å². The molecule has 1 unspecified atom stereocenters. The molecule has 4 aromatic rings. The number of nitrogens with one attached hydrogen (secondary N) is 1. The molecule has 2 aromatic carbocycles. The van der Waals surface area contributed by atoms with Crippen LogP contribution in [-0.2, 0) is 4.79 Å². The zero-order valence-electron chi connectivity index (χ0n) is 17.6. The fourth-order valence-corrected chi connectivity index (χ4v) is 4.73. The summed E-state index contributed by atoms with van der Waals surface area (Å²) in [4.78, 5) is 44.1. The standard InChI is InChI=1S/C23H19N5O3S/c1-12-8-9-15(13(2)10-12)18-11-32-23-25-22(26-28(18)23)24-19(29)14(3)27-20(30)16-6-4-5-7-17(16)21(27)31/h4-11,14H,1-3H3,(H,24,26,29). The van der Waals surface area contributed by atoms with Gasteiger partial charge in [0.05, 0.1) is 16.8 Å². The molecule has 0 saturated heterocycles. The number of carbonyl (C=O) groups excluding carboxylic acids is 3. The monoisotopic (exact) mass is 445 g/mol. The van der Waals surface area contributed by atoms with Gasteiger partial charge in [-0.3, -0.25) is 24.6 Å². The molecule has 0 radical (unpaired) electrons. The number of rotatable bonds is 4. The Hall–Kier alpha value is -3.85. The molecule has 3 heterocycles. The summed E-state index contributed by atoms with van der Waals surface area (Å²) in [6.07, 6.45) is 0. The van der Waals surface area contributed by atoms with Gasteiger partial charge in [0, 0.05) is 10.9 Å². The van der Waals surface area contributed by atoms with E-state index < -0.39 is 23.8 Å². The van der Waals surface area contributed by atoms with Crippen molar-refractivity contribution in [1.29, 1.82) is 0 Å². The molecule has 2 aromatic heterocycles. The minimum Gasteiger partial charge on any atom is -0.291 e. The van der Waals surface area contributed by atoms with Gasteiger partial charge in [0.25, 0.3) is 17.8 Å². The number of aryl methyl sites for hydroxylation is 2. The molecule has 1 atom stereocenters. The van der Waals surface area contributed by atoms with Crippen LogP contribution in [0.5, 0.6) is 0 Å². The predicted octanol–water partition coefficient (Wildman–Crippen LogP) is 3.70. The van der Waals surface area contributed by atoms with E-state index in [1.54, 1.807) is 28.8 Å². The maximum atomic E-state index is 12.8. The number of carbonyl (C=O) groups is 3. The Bertz CT molecular complexity index is 1390. The van der Waals surface area contributed by atoms with Crippen LogP contribution in [0.25, 0.3) is 16.2 Å². The molecule has 0 spiro atoms. The van der Waals surface area contributed by atoms with Gasteiger partial charge in [-0.2, -0.15) is 4.98 Å². The molecule has 0 fully saturated rings. The molecule has 9 heteroatoms. The van der Waals surface area contributed by atoms with Crippen LogP contribution in [0.15, 0.2) is 47.8 Å². The van der Waals surface area contributed by atoms with Crippen LogP contribution in [0.3, 0.4) is 0 Å². The predicted molar refractivity (Wildman–Crippen MR) is 121 cm³/mol. The maximum absolute atomic E-state index is 12.8. The van der Waals surface area contributed by atoms with E-state index in [9.17, 15) is 14.4 Å². The van der Waals surface area contributed by atoms with Crippen LogP contribution in [0.4, 0.5) is 5.95 Å². The van der Waals surface area contributed by atoms with E-state index in [4.69, 9.17) is 0 Å². The average molecular weight is 446 g/mol. The molecular weight excluding hydrogens is 426 g/mol. The second-order valence-electron chi connectivity index (χ2n) is 7.76. The van der Waals surface area contributed by atoms with Crippen molar-refractivity contribution in [2.75, 3.05) is 5.32 Å². The zero-order chi connectivity index (χ0) is 22.6. The van der Waals surface area contributed by atoms with Crippen LogP contribution in [-0.4, -0.2) is 43.3 Å². The van der Waals surface area contributed by atoms with Gasteiger partial charge in [0.1, 0.15) is 6.04 Å². The lowest BCUT2D eigenvalue weighted by Crippen LogP contribution is -2.45. The number of imide groups is 1. The summed E-state index contributed by atoms with van der Waals surface area (Å²) in [5.41, 5.74) is 4.80. The molecule has 5 rings (SSSR count). The molecule has 160 valence electrons. The molecule has 1 aliphatic heterocycles. The van der Waals surface area contributed by atoms with Gasteiger partial charge in [-0.05, 0) is 38.5 Å². The van der Waals surface area contributed by atoms with Gasteiger partial charge >= 0.3 is 0 Å². The molecule has 1 N–H and O–H groups in total. The second kappa shape index (κ2) is 7.38. The smallest absolute Gasteiger partial charge is 0.262 e. The summed E-state index contributed by atoms with van der Waals surface area (Å²) in [6, 6.07) is 11.7. The molecule has 32 heavy (non-hydrogen) atoms. The van der Waals surface area contributed by atoms with Crippen molar-refractivity contribution >= 4 is 40.0 Å². The van der Waals surface area contributed by atoms with Crippen molar-refractivity contribution in [3.8, 4) is 11.3 Å².